The second kappa shape index (κ2) is 7.60. The number of carbonyl (C=O) groups excluding carboxylic acids is 1. The van der Waals surface area contributed by atoms with E-state index < -0.39 is 0 Å². The molecule has 0 aromatic heterocycles. The van der Waals surface area contributed by atoms with Crippen LogP contribution in [0.4, 0.5) is 0 Å². The molecule has 4 N–H and O–H groups in total. The first-order valence-corrected chi connectivity index (χ1v) is 6.05. The van der Waals surface area contributed by atoms with Crippen molar-refractivity contribution >= 4 is 5.91 Å². The number of amides is 1. The van der Waals surface area contributed by atoms with Crippen molar-refractivity contribution in [2.24, 2.45) is 0 Å². The number of nitrogens with one attached hydrogen (secondary N) is 2. The molecule has 0 spiro atoms. The molecule has 0 heterocycles. The van der Waals surface area contributed by atoms with Crippen LogP contribution in [0.15, 0.2) is 18.2 Å². The minimum atomic E-state index is -0.200. The molecular formula is C13H20N2O4. The van der Waals surface area contributed by atoms with Crippen LogP contribution in [0, 0.1) is 0 Å². The third kappa shape index (κ3) is 5.15. The van der Waals surface area contributed by atoms with Crippen LogP contribution in [-0.4, -0.2) is 42.9 Å². The number of hydrogen-bond acceptors (Lipinski definition) is 5. The second-order valence-electron chi connectivity index (χ2n) is 4.19. The summed E-state index contributed by atoms with van der Waals surface area (Å²) in [5, 5.41) is 24.6. The van der Waals surface area contributed by atoms with Crippen molar-refractivity contribution < 1.29 is 19.7 Å². The summed E-state index contributed by atoms with van der Waals surface area (Å²) in [6, 6.07) is 4.18. The third-order valence-corrected chi connectivity index (χ3v) is 2.68. The fraction of sp³-hybridized carbons (Fsp3) is 0.462. The minimum Gasteiger partial charge on any atom is -0.508 e. The summed E-state index contributed by atoms with van der Waals surface area (Å²) in [6.07, 6.45) is 0. The van der Waals surface area contributed by atoms with E-state index in [4.69, 9.17) is 4.74 Å². The Kier molecular flexibility index (Phi) is 6.11. The SMILES string of the molecule is COCCNC(=O)CNC(C)c1ccc(O)cc1O. The van der Waals surface area contributed by atoms with Gasteiger partial charge in [-0.2, -0.15) is 0 Å². The summed E-state index contributed by atoms with van der Waals surface area (Å²) in [7, 11) is 1.57. The van der Waals surface area contributed by atoms with Crippen LogP contribution in [-0.2, 0) is 9.53 Å². The predicted octanol–water partition coefficient (Wildman–Crippen LogP) is 0.511. The molecule has 1 aromatic carbocycles. The molecule has 0 aliphatic carbocycles. The molecule has 0 radical (unpaired) electrons. The van der Waals surface area contributed by atoms with Crippen molar-refractivity contribution in [3.05, 3.63) is 23.8 Å². The summed E-state index contributed by atoms with van der Waals surface area (Å²) >= 11 is 0. The van der Waals surface area contributed by atoms with Crippen molar-refractivity contribution in [2.75, 3.05) is 26.8 Å². The number of phenols is 2. The molecule has 6 heteroatoms. The number of phenolic OH excluding ortho intramolecular Hbond substituents is 2. The van der Waals surface area contributed by atoms with Gasteiger partial charge in [0.05, 0.1) is 13.2 Å². The number of carbonyl (C=O) groups is 1. The maximum Gasteiger partial charge on any atom is 0.234 e. The minimum absolute atomic E-state index is 0.000193. The molecule has 6 nitrogen and oxygen atoms in total. The van der Waals surface area contributed by atoms with E-state index in [1.165, 1.54) is 12.1 Å². The van der Waals surface area contributed by atoms with Gasteiger partial charge in [-0.05, 0) is 13.0 Å². The highest BCUT2D eigenvalue weighted by atomic mass is 16.5. The van der Waals surface area contributed by atoms with Gasteiger partial charge < -0.3 is 25.6 Å². The molecule has 1 unspecified atom stereocenters. The fourth-order valence-corrected chi connectivity index (χ4v) is 1.61. The molecule has 0 aliphatic heterocycles. The third-order valence-electron chi connectivity index (χ3n) is 2.68. The van der Waals surface area contributed by atoms with Crippen molar-refractivity contribution in [3.8, 4) is 11.5 Å². The van der Waals surface area contributed by atoms with E-state index in [0.29, 0.717) is 18.7 Å². The van der Waals surface area contributed by atoms with Gasteiger partial charge in [-0.3, -0.25) is 4.79 Å². The zero-order chi connectivity index (χ0) is 14.3. The van der Waals surface area contributed by atoms with Crippen LogP contribution in [0.3, 0.4) is 0 Å². The Balaban J connectivity index is 2.42. The van der Waals surface area contributed by atoms with E-state index in [9.17, 15) is 15.0 Å². The molecule has 0 fully saturated rings. The Morgan fingerprint density at radius 2 is 2.16 bits per heavy atom. The van der Waals surface area contributed by atoms with Gasteiger partial charge in [0.2, 0.25) is 5.91 Å². The highest BCUT2D eigenvalue weighted by Crippen LogP contribution is 2.27. The number of ether oxygens (including phenoxy) is 1. The molecule has 0 bridgehead atoms. The monoisotopic (exact) mass is 268 g/mol. The lowest BCUT2D eigenvalue weighted by Gasteiger charge is -2.15. The number of benzene rings is 1. The summed E-state index contributed by atoms with van der Waals surface area (Å²) in [5.41, 5.74) is 0.627. The fourth-order valence-electron chi connectivity index (χ4n) is 1.61. The highest BCUT2D eigenvalue weighted by Gasteiger charge is 2.11. The first-order valence-electron chi connectivity index (χ1n) is 6.05. The van der Waals surface area contributed by atoms with Crippen LogP contribution < -0.4 is 10.6 Å². The molecular weight excluding hydrogens is 248 g/mol. The summed E-state index contributed by atoms with van der Waals surface area (Å²) in [4.78, 5) is 11.5. The topological polar surface area (TPSA) is 90.8 Å². The Labute approximate surface area is 112 Å². The van der Waals surface area contributed by atoms with E-state index in [1.807, 2.05) is 6.92 Å². The molecule has 1 rings (SSSR count). The van der Waals surface area contributed by atoms with Crippen LogP contribution >= 0.6 is 0 Å². The second-order valence-corrected chi connectivity index (χ2v) is 4.19. The van der Waals surface area contributed by atoms with Gasteiger partial charge in [0.25, 0.3) is 0 Å². The van der Waals surface area contributed by atoms with E-state index in [1.54, 1.807) is 13.2 Å². The van der Waals surface area contributed by atoms with Gasteiger partial charge in [-0.1, -0.05) is 6.07 Å². The van der Waals surface area contributed by atoms with Gasteiger partial charge in [0, 0.05) is 31.3 Å². The molecule has 1 atom stereocenters. The number of hydrogen-bond donors (Lipinski definition) is 4. The first kappa shape index (κ1) is 15.3. The maximum absolute atomic E-state index is 11.5. The average Bonchev–Trinajstić information content (AvgIpc) is 2.36. The normalized spacial score (nSPS) is 12.1. The molecule has 1 aromatic rings. The number of rotatable bonds is 7. The Morgan fingerprint density at radius 1 is 1.42 bits per heavy atom. The molecule has 0 aliphatic rings. The first-order chi connectivity index (χ1) is 9.04. The van der Waals surface area contributed by atoms with Gasteiger partial charge in [0.1, 0.15) is 11.5 Å². The van der Waals surface area contributed by atoms with E-state index >= 15 is 0 Å². The maximum atomic E-state index is 11.5. The van der Waals surface area contributed by atoms with Crippen molar-refractivity contribution in [3.63, 3.8) is 0 Å². The van der Waals surface area contributed by atoms with Crippen molar-refractivity contribution in [1.82, 2.24) is 10.6 Å². The van der Waals surface area contributed by atoms with Crippen LogP contribution in [0.25, 0.3) is 0 Å². The quantitative estimate of drug-likeness (QED) is 0.541. The zero-order valence-corrected chi connectivity index (χ0v) is 11.1. The lowest BCUT2D eigenvalue weighted by Crippen LogP contribution is -2.36. The lowest BCUT2D eigenvalue weighted by molar-refractivity contribution is -0.120. The summed E-state index contributed by atoms with van der Waals surface area (Å²) < 4.78 is 4.82. The van der Waals surface area contributed by atoms with Crippen LogP contribution in [0.5, 0.6) is 11.5 Å². The highest BCUT2D eigenvalue weighted by molar-refractivity contribution is 5.78. The summed E-state index contributed by atoms with van der Waals surface area (Å²) in [5.74, 6) is -0.132. The number of methoxy groups -OCH3 is 1. The predicted molar refractivity (Wildman–Crippen MR) is 71.1 cm³/mol. The van der Waals surface area contributed by atoms with Crippen molar-refractivity contribution in [1.29, 1.82) is 0 Å². The smallest absolute Gasteiger partial charge is 0.234 e. The largest absolute Gasteiger partial charge is 0.508 e. The Morgan fingerprint density at radius 3 is 2.79 bits per heavy atom. The van der Waals surface area contributed by atoms with E-state index in [-0.39, 0.29) is 30.0 Å². The van der Waals surface area contributed by atoms with Gasteiger partial charge >= 0.3 is 0 Å². The van der Waals surface area contributed by atoms with Crippen LogP contribution in [0.2, 0.25) is 0 Å². The summed E-state index contributed by atoms with van der Waals surface area (Å²) in [6.45, 7) is 2.91. The Hall–Kier alpha value is -1.79. The molecule has 1 amide bonds. The molecule has 0 saturated heterocycles. The lowest BCUT2D eigenvalue weighted by atomic mass is 10.1. The molecule has 0 saturated carbocycles. The van der Waals surface area contributed by atoms with Gasteiger partial charge in [0.15, 0.2) is 0 Å². The van der Waals surface area contributed by atoms with Gasteiger partial charge in [-0.25, -0.2) is 0 Å². The van der Waals surface area contributed by atoms with Gasteiger partial charge in [-0.15, -0.1) is 0 Å². The number of aromatic hydroxyl groups is 2. The van der Waals surface area contributed by atoms with Crippen molar-refractivity contribution in [2.45, 2.75) is 13.0 Å². The van der Waals surface area contributed by atoms with E-state index in [2.05, 4.69) is 10.6 Å². The standard InChI is InChI=1S/C13H20N2O4/c1-9(11-4-3-10(16)7-12(11)17)15-8-13(18)14-5-6-19-2/h3-4,7,9,15-17H,5-6,8H2,1-2H3,(H,14,18). The average molecular weight is 268 g/mol. The van der Waals surface area contributed by atoms with Crippen LogP contribution in [0.1, 0.15) is 18.5 Å². The molecule has 19 heavy (non-hydrogen) atoms. The zero-order valence-electron chi connectivity index (χ0n) is 11.1. The Bertz CT molecular complexity index is 423. The van der Waals surface area contributed by atoms with E-state index in [0.717, 1.165) is 0 Å². The molecule has 106 valence electrons.